The van der Waals surface area contributed by atoms with Crippen LogP contribution in [0.5, 0.6) is 6.01 Å². The Hall–Kier alpha value is -3.43. The maximum absolute atomic E-state index is 13.5. The van der Waals surface area contributed by atoms with Crippen molar-refractivity contribution < 1.29 is 13.9 Å². The first kappa shape index (κ1) is 27.7. The number of rotatable bonds is 6. The molecule has 1 aromatic heterocycles. The molecule has 1 amide bonds. The molecule has 10 heteroatoms. The van der Waals surface area contributed by atoms with E-state index in [1.807, 2.05) is 12.1 Å². The van der Waals surface area contributed by atoms with E-state index in [0.29, 0.717) is 57.3 Å². The molecular formula is C31H36ClFN6O2. The van der Waals surface area contributed by atoms with Crippen molar-refractivity contribution in [2.45, 2.75) is 32.4 Å². The number of hydrogen-bond acceptors (Lipinski definition) is 7. The molecule has 0 radical (unpaired) electrons. The van der Waals surface area contributed by atoms with Gasteiger partial charge in [0, 0.05) is 61.9 Å². The number of likely N-dealkylation sites (N-methyl/N-ethyl adjacent to an activating group) is 1. The highest BCUT2D eigenvalue weighted by Crippen LogP contribution is 2.37. The molecule has 41 heavy (non-hydrogen) atoms. The number of fused-ring (bicyclic) bond motifs is 2. The first-order chi connectivity index (χ1) is 19.8. The number of hydrogen-bond donors (Lipinski definition) is 0. The maximum atomic E-state index is 13.5. The zero-order valence-corrected chi connectivity index (χ0v) is 24.4. The molecule has 6 rings (SSSR count). The first-order valence-corrected chi connectivity index (χ1v) is 14.7. The molecule has 2 fully saturated rings. The van der Waals surface area contributed by atoms with Gasteiger partial charge in [-0.05, 0) is 43.3 Å². The molecule has 0 aliphatic carbocycles. The van der Waals surface area contributed by atoms with Crippen molar-refractivity contribution in [3.8, 4) is 6.01 Å². The zero-order valence-electron chi connectivity index (χ0n) is 23.7. The van der Waals surface area contributed by atoms with Crippen LogP contribution in [-0.2, 0) is 17.8 Å². The molecule has 0 bridgehead atoms. The minimum absolute atomic E-state index is 0.325. The summed E-state index contributed by atoms with van der Waals surface area (Å²) >= 11 is 6.67. The van der Waals surface area contributed by atoms with Crippen LogP contribution >= 0.6 is 11.6 Å². The number of carbonyl (C=O) groups is 1. The second-order valence-corrected chi connectivity index (χ2v) is 11.9. The van der Waals surface area contributed by atoms with Gasteiger partial charge in [-0.3, -0.25) is 9.69 Å². The van der Waals surface area contributed by atoms with Gasteiger partial charge in [0.1, 0.15) is 12.4 Å². The van der Waals surface area contributed by atoms with Crippen molar-refractivity contribution in [1.82, 2.24) is 19.8 Å². The normalized spacial score (nSPS) is 21.3. The number of halogens is 2. The van der Waals surface area contributed by atoms with Gasteiger partial charge in [-0.15, -0.1) is 0 Å². The Balaban J connectivity index is 1.30. The lowest BCUT2D eigenvalue weighted by Crippen LogP contribution is -2.49. The lowest BCUT2D eigenvalue weighted by molar-refractivity contribution is -0.128. The Bertz CT molecular complexity index is 1470. The minimum atomic E-state index is -0.923. The topological polar surface area (TPSA) is 65.0 Å². The van der Waals surface area contributed by atoms with Gasteiger partial charge in [0.2, 0.25) is 0 Å². The fourth-order valence-electron chi connectivity index (χ4n) is 6.48. The second kappa shape index (κ2) is 11.4. The summed E-state index contributed by atoms with van der Waals surface area (Å²) in [5.74, 6) is -0.0832. The molecule has 0 unspecified atom stereocenters. The largest absolute Gasteiger partial charge is 0.462 e. The number of likely N-dealkylation sites (tertiary alicyclic amines) is 1. The van der Waals surface area contributed by atoms with Crippen LogP contribution in [0.4, 0.5) is 15.9 Å². The number of benzene rings is 2. The Morgan fingerprint density at radius 2 is 1.85 bits per heavy atom. The third-order valence-electron chi connectivity index (χ3n) is 8.60. The van der Waals surface area contributed by atoms with Crippen LogP contribution in [-0.4, -0.2) is 84.6 Å². The molecule has 3 aromatic rings. The van der Waals surface area contributed by atoms with Crippen molar-refractivity contribution in [2.24, 2.45) is 5.92 Å². The van der Waals surface area contributed by atoms with Gasteiger partial charge in [0.25, 0.3) is 5.91 Å². The molecule has 3 aliphatic heterocycles. The molecule has 8 nitrogen and oxygen atoms in total. The highest BCUT2D eigenvalue weighted by molar-refractivity contribution is 6.36. The van der Waals surface area contributed by atoms with Crippen molar-refractivity contribution in [3.63, 3.8) is 0 Å². The van der Waals surface area contributed by atoms with Crippen molar-refractivity contribution in [2.75, 3.05) is 62.7 Å². The maximum Gasteiger partial charge on any atom is 0.318 e. The molecule has 2 saturated heterocycles. The lowest BCUT2D eigenvalue weighted by atomic mass is 10.0. The summed E-state index contributed by atoms with van der Waals surface area (Å²) in [5, 5.41) is 2.88. The smallest absolute Gasteiger partial charge is 0.318 e. The number of piperazine rings is 1. The quantitative estimate of drug-likeness (QED) is 0.393. The first-order valence-electron chi connectivity index (χ1n) is 14.3. The van der Waals surface area contributed by atoms with Crippen LogP contribution in [0.1, 0.15) is 24.6 Å². The molecule has 4 heterocycles. The Morgan fingerprint density at radius 1 is 1.10 bits per heavy atom. The van der Waals surface area contributed by atoms with E-state index >= 15 is 0 Å². The average Bonchev–Trinajstić information content (AvgIpc) is 3.31. The van der Waals surface area contributed by atoms with E-state index in [1.54, 1.807) is 0 Å². The number of anilines is 2. The van der Waals surface area contributed by atoms with Gasteiger partial charge in [-0.2, -0.15) is 9.97 Å². The molecule has 2 aromatic carbocycles. The monoisotopic (exact) mass is 578 g/mol. The standard InChI is InChI=1S/C31H36ClFN6O2/c1-20-16-23(36(3)17-20)19-41-31-34-26-18-39(27-9-5-7-22-6-4-8-25(32)28(22)27)11-10-24(26)29(35-31)37-12-14-38(15-13-37)30(40)21(2)33/h4-9,20,23H,2,10-19H2,1,3H3/t20-,23-/m1/s1. The summed E-state index contributed by atoms with van der Waals surface area (Å²) in [6.45, 7) is 10.3. The molecule has 0 N–H and O–H groups in total. The SMILES string of the molecule is C=C(F)C(=O)N1CCN(c2nc(OC[C@H]3C[C@@H](C)CN3C)nc3c2CCN(c2cccc4cccc(Cl)c24)C3)CC1. The Labute approximate surface area is 245 Å². The van der Waals surface area contributed by atoms with Gasteiger partial charge < -0.3 is 19.4 Å². The van der Waals surface area contributed by atoms with Crippen LogP contribution < -0.4 is 14.5 Å². The number of ether oxygens (including phenoxy) is 1. The molecule has 0 saturated carbocycles. The fourth-order valence-corrected chi connectivity index (χ4v) is 6.76. The fraction of sp³-hybridized carbons (Fsp3) is 0.452. The van der Waals surface area contributed by atoms with Gasteiger partial charge in [-0.1, -0.05) is 49.4 Å². The van der Waals surface area contributed by atoms with Crippen LogP contribution in [0.15, 0.2) is 48.8 Å². The van der Waals surface area contributed by atoms with Gasteiger partial charge in [-0.25, -0.2) is 4.39 Å². The summed E-state index contributed by atoms with van der Waals surface area (Å²) in [6.07, 6.45) is 1.84. The zero-order chi connectivity index (χ0) is 28.7. The summed E-state index contributed by atoms with van der Waals surface area (Å²) < 4.78 is 19.8. The lowest BCUT2D eigenvalue weighted by Gasteiger charge is -2.38. The van der Waals surface area contributed by atoms with E-state index in [4.69, 9.17) is 26.3 Å². The number of carbonyl (C=O) groups excluding carboxylic acids is 1. The Morgan fingerprint density at radius 3 is 2.56 bits per heavy atom. The Kier molecular flexibility index (Phi) is 7.74. The highest BCUT2D eigenvalue weighted by Gasteiger charge is 2.31. The number of nitrogens with zero attached hydrogens (tertiary/aromatic N) is 6. The summed E-state index contributed by atoms with van der Waals surface area (Å²) in [7, 11) is 2.14. The molecular weight excluding hydrogens is 543 g/mol. The van der Waals surface area contributed by atoms with E-state index in [1.165, 1.54) is 4.90 Å². The average molecular weight is 579 g/mol. The molecule has 3 aliphatic rings. The predicted octanol–water partition coefficient (Wildman–Crippen LogP) is 4.70. The van der Waals surface area contributed by atoms with E-state index in [0.717, 1.165) is 64.5 Å². The molecule has 216 valence electrons. The van der Waals surface area contributed by atoms with Crippen LogP contribution in [0.3, 0.4) is 0 Å². The molecule has 0 spiro atoms. The van der Waals surface area contributed by atoms with Crippen molar-refractivity contribution >= 4 is 39.8 Å². The van der Waals surface area contributed by atoms with E-state index in [-0.39, 0.29) is 0 Å². The summed E-state index contributed by atoms with van der Waals surface area (Å²) in [5.41, 5.74) is 3.12. The van der Waals surface area contributed by atoms with Gasteiger partial charge >= 0.3 is 6.01 Å². The van der Waals surface area contributed by atoms with E-state index < -0.39 is 11.7 Å². The van der Waals surface area contributed by atoms with Crippen LogP contribution in [0, 0.1) is 5.92 Å². The van der Waals surface area contributed by atoms with Gasteiger partial charge in [0.05, 0.1) is 17.3 Å². The third-order valence-corrected chi connectivity index (χ3v) is 8.91. The predicted molar refractivity (Wildman–Crippen MR) is 160 cm³/mol. The minimum Gasteiger partial charge on any atom is -0.462 e. The summed E-state index contributed by atoms with van der Waals surface area (Å²) in [4.78, 5) is 30.3. The van der Waals surface area contributed by atoms with Crippen LogP contribution in [0.25, 0.3) is 10.8 Å². The number of amides is 1. The summed E-state index contributed by atoms with van der Waals surface area (Å²) in [6, 6.07) is 13.0. The third kappa shape index (κ3) is 5.57. The highest BCUT2D eigenvalue weighted by atomic mass is 35.5. The van der Waals surface area contributed by atoms with Gasteiger partial charge in [0.15, 0.2) is 5.83 Å². The van der Waals surface area contributed by atoms with E-state index in [2.05, 4.69) is 59.5 Å². The van der Waals surface area contributed by atoms with E-state index in [9.17, 15) is 9.18 Å². The van der Waals surface area contributed by atoms with Crippen molar-refractivity contribution in [3.05, 3.63) is 65.1 Å². The second-order valence-electron chi connectivity index (χ2n) is 11.5. The van der Waals surface area contributed by atoms with Crippen molar-refractivity contribution in [1.29, 1.82) is 0 Å². The van der Waals surface area contributed by atoms with Crippen LogP contribution in [0.2, 0.25) is 5.02 Å². The molecule has 2 atom stereocenters. The number of aromatic nitrogens is 2.